The highest BCUT2D eigenvalue weighted by Crippen LogP contribution is 2.41. The molecule has 0 spiro atoms. The summed E-state index contributed by atoms with van der Waals surface area (Å²) in [5, 5.41) is 2.88. The van der Waals surface area contributed by atoms with Gasteiger partial charge in [0.1, 0.15) is 17.2 Å². The van der Waals surface area contributed by atoms with E-state index in [1.807, 2.05) is 36.4 Å². The van der Waals surface area contributed by atoms with E-state index in [0.29, 0.717) is 23.7 Å². The molecule has 0 saturated heterocycles. The summed E-state index contributed by atoms with van der Waals surface area (Å²) in [6.45, 7) is 2.69. The summed E-state index contributed by atoms with van der Waals surface area (Å²) < 4.78 is 10.9. The molecule has 1 aliphatic heterocycles. The largest absolute Gasteiger partial charge is 0.497 e. The number of hydrogen-bond acceptors (Lipinski definition) is 6. The number of carbonyl (C=O) groups excluding carboxylic acids is 1. The number of fused-ring (bicyclic) bond motifs is 1. The number of ether oxygens (including phenoxy) is 2. The average Bonchev–Trinajstić information content (AvgIpc) is 2.73. The van der Waals surface area contributed by atoms with Gasteiger partial charge in [0.25, 0.3) is 5.91 Å². The minimum absolute atomic E-state index is 0.228. The van der Waals surface area contributed by atoms with Gasteiger partial charge in [-0.05, 0) is 24.6 Å². The number of rotatable bonds is 7. The molecule has 0 aliphatic carbocycles. The second-order valence-electron chi connectivity index (χ2n) is 6.44. The summed E-state index contributed by atoms with van der Waals surface area (Å²) in [4.78, 5) is 12.4. The first-order chi connectivity index (χ1) is 13.6. The molecule has 1 heterocycles. The topological polar surface area (TPSA) is 97.6 Å². The van der Waals surface area contributed by atoms with Gasteiger partial charge in [0, 0.05) is 23.2 Å². The third-order valence-electron chi connectivity index (χ3n) is 4.68. The lowest BCUT2D eigenvalue weighted by atomic mass is 9.96. The van der Waals surface area contributed by atoms with Crippen LogP contribution in [0.4, 0.5) is 5.69 Å². The Labute approximate surface area is 164 Å². The number of carbonyl (C=O) groups is 1. The summed E-state index contributed by atoms with van der Waals surface area (Å²) in [6, 6.07) is 11.4. The quantitative estimate of drug-likeness (QED) is 0.550. The lowest BCUT2D eigenvalue weighted by Gasteiger charge is -2.26. The molecule has 2 aromatic carbocycles. The van der Waals surface area contributed by atoms with Gasteiger partial charge in [0.05, 0.1) is 25.6 Å². The van der Waals surface area contributed by atoms with Crippen LogP contribution in [0.2, 0.25) is 0 Å². The molecule has 0 bridgehead atoms. The van der Waals surface area contributed by atoms with E-state index in [2.05, 4.69) is 23.1 Å². The van der Waals surface area contributed by atoms with Crippen LogP contribution in [0.1, 0.15) is 25.3 Å². The number of hydrazine groups is 1. The highest BCUT2D eigenvalue weighted by Gasteiger charge is 2.24. The van der Waals surface area contributed by atoms with Crippen molar-refractivity contribution in [1.82, 2.24) is 10.7 Å². The number of anilines is 1. The van der Waals surface area contributed by atoms with Gasteiger partial charge in [-0.1, -0.05) is 31.5 Å². The average molecular weight is 382 g/mol. The minimum Gasteiger partial charge on any atom is -0.497 e. The van der Waals surface area contributed by atoms with Crippen molar-refractivity contribution in [3.05, 3.63) is 47.7 Å². The fourth-order valence-electron chi connectivity index (χ4n) is 3.13. The van der Waals surface area contributed by atoms with Crippen LogP contribution in [0.3, 0.4) is 0 Å². The minimum atomic E-state index is -0.228. The smallest absolute Gasteiger partial charge is 0.271 e. The number of amides is 1. The molecular formula is C21H26N4O3. The molecule has 28 heavy (non-hydrogen) atoms. The molecule has 148 valence electrons. The molecule has 7 nitrogen and oxygen atoms in total. The summed E-state index contributed by atoms with van der Waals surface area (Å²) in [5.41, 5.74) is 16.4. The van der Waals surface area contributed by atoms with Gasteiger partial charge in [-0.25, -0.2) is 0 Å². The van der Waals surface area contributed by atoms with Crippen molar-refractivity contribution in [2.24, 2.45) is 5.73 Å². The van der Waals surface area contributed by atoms with Crippen LogP contribution in [0.5, 0.6) is 11.5 Å². The van der Waals surface area contributed by atoms with Gasteiger partial charge in [-0.2, -0.15) is 0 Å². The summed E-state index contributed by atoms with van der Waals surface area (Å²) in [5.74, 6) is 1.20. The maximum atomic E-state index is 12.4. The molecule has 5 N–H and O–H groups in total. The number of nitrogens with one attached hydrogen (secondary N) is 3. The van der Waals surface area contributed by atoms with E-state index >= 15 is 0 Å². The zero-order valence-electron chi connectivity index (χ0n) is 16.4. The molecule has 0 unspecified atom stereocenters. The van der Waals surface area contributed by atoms with E-state index < -0.39 is 0 Å². The van der Waals surface area contributed by atoms with Gasteiger partial charge in [0.15, 0.2) is 0 Å². The Morgan fingerprint density at radius 1 is 1.07 bits per heavy atom. The Bertz CT molecular complexity index is 909. The third kappa shape index (κ3) is 3.69. The predicted octanol–water partition coefficient (Wildman–Crippen LogP) is 2.84. The van der Waals surface area contributed by atoms with Gasteiger partial charge in [0.2, 0.25) is 0 Å². The predicted molar refractivity (Wildman–Crippen MR) is 111 cm³/mol. The van der Waals surface area contributed by atoms with Crippen LogP contribution in [0, 0.1) is 0 Å². The van der Waals surface area contributed by atoms with Crippen LogP contribution in [0.15, 0.2) is 42.1 Å². The van der Waals surface area contributed by atoms with E-state index in [0.717, 1.165) is 41.0 Å². The lowest BCUT2D eigenvalue weighted by Crippen LogP contribution is -2.39. The van der Waals surface area contributed by atoms with Crippen LogP contribution < -0.4 is 31.4 Å². The number of nitrogens with two attached hydrogens (primary N) is 1. The molecule has 3 rings (SSSR count). The Hall–Kier alpha value is -3.35. The second kappa shape index (κ2) is 8.56. The van der Waals surface area contributed by atoms with Crippen LogP contribution in [-0.2, 0) is 4.79 Å². The standard InChI is InChI=1S/C21H26N4O3/c1-4-5-11-23-21(26)20-18(22)15-8-6-7-14(19(15)24-25-20)16-12-13(27-2)9-10-17(16)28-3/h6-10,12,24-25H,4-5,11,22H2,1-3H3,(H,23,26). The van der Waals surface area contributed by atoms with Crippen molar-refractivity contribution >= 4 is 17.3 Å². The Kier molecular flexibility index (Phi) is 5.93. The summed E-state index contributed by atoms with van der Waals surface area (Å²) in [6.07, 6.45) is 1.93. The molecule has 1 amide bonds. The van der Waals surface area contributed by atoms with Crippen LogP contribution in [0.25, 0.3) is 16.8 Å². The molecule has 1 aliphatic rings. The number of unbranched alkanes of at least 4 members (excludes halogenated alkanes) is 1. The molecule has 0 aromatic heterocycles. The molecule has 0 atom stereocenters. The first-order valence-electron chi connectivity index (χ1n) is 9.26. The highest BCUT2D eigenvalue weighted by atomic mass is 16.5. The molecule has 7 heteroatoms. The van der Waals surface area contributed by atoms with Crippen molar-refractivity contribution in [3.63, 3.8) is 0 Å². The SMILES string of the molecule is CCCCNC(=O)C1=C(N)c2cccc(-c3cc(OC)ccc3OC)c2NN1. The van der Waals surface area contributed by atoms with E-state index in [1.165, 1.54) is 0 Å². The number of methoxy groups -OCH3 is 2. The molecular weight excluding hydrogens is 356 g/mol. The van der Waals surface area contributed by atoms with E-state index in [4.69, 9.17) is 15.2 Å². The second-order valence-corrected chi connectivity index (χ2v) is 6.44. The van der Waals surface area contributed by atoms with Crippen molar-refractivity contribution in [1.29, 1.82) is 0 Å². The van der Waals surface area contributed by atoms with Crippen molar-refractivity contribution < 1.29 is 14.3 Å². The molecule has 0 radical (unpaired) electrons. The number of hydrogen-bond donors (Lipinski definition) is 4. The fourth-order valence-corrected chi connectivity index (χ4v) is 3.13. The van der Waals surface area contributed by atoms with E-state index in [-0.39, 0.29) is 5.91 Å². The summed E-state index contributed by atoms with van der Waals surface area (Å²) >= 11 is 0. The van der Waals surface area contributed by atoms with Gasteiger partial charge >= 0.3 is 0 Å². The van der Waals surface area contributed by atoms with Crippen molar-refractivity contribution in [3.8, 4) is 22.6 Å². The fraction of sp³-hybridized carbons (Fsp3) is 0.286. The van der Waals surface area contributed by atoms with Gasteiger partial charge in [-0.15, -0.1) is 0 Å². The normalized spacial score (nSPS) is 12.5. The molecule has 0 fully saturated rings. The lowest BCUT2D eigenvalue weighted by molar-refractivity contribution is -0.117. The van der Waals surface area contributed by atoms with Crippen LogP contribution >= 0.6 is 0 Å². The van der Waals surface area contributed by atoms with Crippen molar-refractivity contribution in [2.45, 2.75) is 19.8 Å². The number of benzene rings is 2. The maximum Gasteiger partial charge on any atom is 0.271 e. The first-order valence-corrected chi connectivity index (χ1v) is 9.26. The van der Waals surface area contributed by atoms with Crippen LogP contribution in [-0.4, -0.2) is 26.7 Å². The third-order valence-corrected chi connectivity index (χ3v) is 4.68. The number of para-hydroxylation sites is 1. The maximum absolute atomic E-state index is 12.4. The Balaban J connectivity index is 2.02. The zero-order valence-corrected chi connectivity index (χ0v) is 16.4. The monoisotopic (exact) mass is 382 g/mol. The zero-order chi connectivity index (χ0) is 20.1. The highest BCUT2D eigenvalue weighted by molar-refractivity contribution is 6.04. The van der Waals surface area contributed by atoms with Crippen molar-refractivity contribution in [2.75, 3.05) is 26.2 Å². The molecule has 0 saturated carbocycles. The van der Waals surface area contributed by atoms with E-state index in [1.54, 1.807) is 14.2 Å². The van der Waals surface area contributed by atoms with Gasteiger partial charge < -0.3 is 20.5 Å². The first kappa shape index (κ1) is 19.4. The Morgan fingerprint density at radius 3 is 2.57 bits per heavy atom. The Morgan fingerprint density at radius 2 is 1.86 bits per heavy atom. The summed E-state index contributed by atoms with van der Waals surface area (Å²) in [7, 11) is 3.25. The van der Waals surface area contributed by atoms with E-state index in [9.17, 15) is 4.79 Å². The van der Waals surface area contributed by atoms with Gasteiger partial charge in [-0.3, -0.25) is 15.6 Å². The molecule has 2 aromatic rings.